The van der Waals surface area contributed by atoms with Gasteiger partial charge in [0.2, 0.25) is 5.69 Å². The van der Waals surface area contributed by atoms with E-state index < -0.39 is 17.2 Å². The molecule has 0 aliphatic rings. The Morgan fingerprint density at radius 3 is 2.56 bits per heavy atom. The first-order valence-corrected chi connectivity index (χ1v) is 4.44. The van der Waals surface area contributed by atoms with Crippen molar-refractivity contribution in [1.29, 1.82) is 0 Å². The lowest BCUT2D eigenvalue weighted by Crippen LogP contribution is -2.21. The van der Waals surface area contributed by atoms with Crippen molar-refractivity contribution in [3.8, 4) is 11.4 Å². The van der Waals surface area contributed by atoms with Crippen LogP contribution >= 0.6 is 0 Å². The number of carbonyl (C=O) groups is 1. The van der Waals surface area contributed by atoms with Gasteiger partial charge in [0.15, 0.2) is 5.82 Å². The number of hydrogen-bond acceptors (Lipinski definition) is 4. The quantitative estimate of drug-likeness (QED) is 0.764. The fraction of sp³-hybridized carbons (Fsp3) is 0. The van der Waals surface area contributed by atoms with Crippen molar-refractivity contribution < 1.29 is 9.90 Å². The zero-order valence-corrected chi connectivity index (χ0v) is 8.04. The summed E-state index contributed by atoms with van der Waals surface area (Å²) in [5.74, 6) is -1.20. The number of aromatic nitrogens is 3. The van der Waals surface area contributed by atoms with Gasteiger partial charge in [-0.15, -0.1) is 0 Å². The van der Waals surface area contributed by atoms with Gasteiger partial charge in [-0.3, -0.25) is 4.79 Å². The summed E-state index contributed by atoms with van der Waals surface area (Å²) in [5, 5.41) is 14.5. The number of aromatic amines is 1. The maximum absolute atomic E-state index is 11.1. The van der Waals surface area contributed by atoms with Crippen LogP contribution in [0.4, 0.5) is 0 Å². The van der Waals surface area contributed by atoms with E-state index in [2.05, 4.69) is 15.2 Å². The maximum Gasteiger partial charge on any atom is 0.360 e. The first-order valence-electron chi connectivity index (χ1n) is 4.44. The molecule has 0 bridgehead atoms. The number of carboxylic acid groups (broad SMARTS) is 1. The summed E-state index contributed by atoms with van der Waals surface area (Å²) in [6, 6.07) is 8.79. The molecule has 0 radical (unpaired) electrons. The molecule has 0 aliphatic carbocycles. The van der Waals surface area contributed by atoms with Crippen molar-refractivity contribution in [3.05, 3.63) is 46.4 Å². The van der Waals surface area contributed by atoms with Crippen LogP contribution in [-0.2, 0) is 0 Å². The van der Waals surface area contributed by atoms with Gasteiger partial charge in [0.1, 0.15) is 0 Å². The summed E-state index contributed by atoms with van der Waals surface area (Å²) in [6.07, 6.45) is 0. The first-order chi connectivity index (χ1) is 7.68. The van der Waals surface area contributed by atoms with Crippen LogP contribution in [-0.4, -0.2) is 26.3 Å². The summed E-state index contributed by atoms with van der Waals surface area (Å²) in [6.45, 7) is 0. The second-order valence-electron chi connectivity index (χ2n) is 3.01. The van der Waals surface area contributed by atoms with E-state index in [1.165, 1.54) is 0 Å². The van der Waals surface area contributed by atoms with Gasteiger partial charge >= 0.3 is 5.97 Å². The molecule has 2 rings (SSSR count). The van der Waals surface area contributed by atoms with Gasteiger partial charge in [0.05, 0.1) is 0 Å². The van der Waals surface area contributed by atoms with Crippen molar-refractivity contribution in [3.63, 3.8) is 0 Å². The van der Waals surface area contributed by atoms with Gasteiger partial charge in [0, 0.05) is 5.56 Å². The second kappa shape index (κ2) is 3.93. The maximum atomic E-state index is 11.1. The van der Waals surface area contributed by atoms with Gasteiger partial charge < -0.3 is 5.11 Å². The highest BCUT2D eigenvalue weighted by atomic mass is 16.4. The number of nitrogens with one attached hydrogen (secondary N) is 1. The molecule has 0 saturated carbocycles. The third-order valence-corrected chi connectivity index (χ3v) is 1.93. The predicted molar refractivity (Wildman–Crippen MR) is 55.0 cm³/mol. The molecule has 1 aromatic heterocycles. The lowest BCUT2D eigenvalue weighted by atomic mass is 10.2. The monoisotopic (exact) mass is 217 g/mol. The summed E-state index contributed by atoms with van der Waals surface area (Å²) >= 11 is 0. The lowest BCUT2D eigenvalue weighted by molar-refractivity contribution is 0.0688. The van der Waals surface area contributed by atoms with E-state index in [9.17, 15) is 9.59 Å². The molecule has 80 valence electrons. The van der Waals surface area contributed by atoms with Gasteiger partial charge in [-0.05, 0) is 0 Å². The number of H-pyrrole nitrogens is 1. The van der Waals surface area contributed by atoms with E-state index in [4.69, 9.17) is 5.11 Å². The molecule has 2 N–H and O–H groups in total. The van der Waals surface area contributed by atoms with Crippen molar-refractivity contribution in [2.75, 3.05) is 0 Å². The Hall–Kier alpha value is -2.50. The van der Waals surface area contributed by atoms with Gasteiger partial charge in [0.25, 0.3) is 5.56 Å². The normalized spacial score (nSPS) is 10.0. The molecule has 6 nitrogen and oxygen atoms in total. The Morgan fingerprint density at radius 1 is 1.25 bits per heavy atom. The van der Waals surface area contributed by atoms with Gasteiger partial charge in [-0.1, -0.05) is 30.3 Å². The summed E-state index contributed by atoms with van der Waals surface area (Å²) in [5.41, 5.74) is -0.734. The standard InChI is InChI=1S/C10H7N3O3/c14-9-7(10(15)16)11-8(12-13-9)6-4-2-1-3-5-6/h1-5H,(H,13,14)(H,15,16). The lowest BCUT2D eigenvalue weighted by Gasteiger charge is -1.99. The van der Waals surface area contributed by atoms with E-state index >= 15 is 0 Å². The van der Waals surface area contributed by atoms with E-state index in [0.29, 0.717) is 5.56 Å². The largest absolute Gasteiger partial charge is 0.476 e. The highest BCUT2D eigenvalue weighted by Gasteiger charge is 2.13. The SMILES string of the molecule is O=C(O)c1nc(-c2ccccc2)n[nH]c1=O. The van der Waals surface area contributed by atoms with Crippen LogP contribution in [0.15, 0.2) is 35.1 Å². The minimum atomic E-state index is -1.37. The molecule has 0 saturated heterocycles. The molecule has 0 spiro atoms. The minimum Gasteiger partial charge on any atom is -0.476 e. The molecule has 0 fully saturated rings. The zero-order chi connectivity index (χ0) is 11.5. The summed E-state index contributed by atoms with van der Waals surface area (Å²) < 4.78 is 0. The Kier molecular flexibility index (Phi) is 2.47. The van der Waals surface area contributed by atoms with Crippen LogP contribution in [0.5, 0.6) is 0 Å². The van der Waals surface area contributed by atoms with E-state index in [1.807, 2.05) is 6.07 Å². The van der Waals surface area contributed by atoms with Crippen LogP contribution in [0.2, 0.25) is 0 Å². The zero-order valence-electron chi connectivity index (χ0n) is 8.04. The molecule has 6 heteroatoms. The Morgan fingerprint density at radius 2 is 1.94 bits per heavy atom. The van der Waals surface area contributed by atoms with Crippen LogP contribution < -0.4 is 5.56 Å². The van der Waals surface area contributed by atoms with Crippen molar-refractivity contribution in [1.82, 2.24) is 15.2 Å². The van der Waals surface area contributed by atoms with Crippen LogP contribution in [0.25, 0.3) is 11.4 Å². The van der Waals surface area contributed by atoms with E-state index in [0.717, 1.165) is 0 Å². The summed E-state index contributed by atoms with van der Waals surface area (Å²) in [4.78, 5) is 25.5. The number of benzene rings is 1. The van der Waals surface area contributed by atoms with Crippen LogP contribution in [0.1, 0.15) is 10.5 Å². The van der Waals surface area contributed by atoms with Crippen molar-refractivity contribution in [2.45, 2.75) is 0 Å². The minimum absolute atomic E-state index is 0.178. The first kappa shape index (κ1) is 10.0. The number of aromatic carboxylic acids is 1. The number of hydrogen-bond donors (Lipinski definition) is 2. The number of nitrogens with zero attached hydrogens (tertiary/aromatic N) is 2. The van der Waals surface area contributed by atoms with Gasteiger partial charge in [-0.2, -0.15) is 5.10 Å². The predicted octanol–water partition coefficient (Wildman–Crippen LogP) is 0.530. The fourth-order valence-corrected chi connectivity index (χ4v) is 1.20. The summed E-state index contributed by atoms with van der Waals surface area (Å²) in [7, 11) is 0. The average molecular weight is 217 g/mol. The number of carboxylic acids is 1. The van der Waals surface area contributed by atoms with Crippen LogP contribution in [0, 0.1) is 0 Å². The van der Waals surface area contributed by atoms with Crippen molar-refractivity contribution >= 4 is 5.97 Å². The molecule has 16 heavy (non-hydrogen) atoms. The molecular weight excluding hydrogens is 210 g/mol. The van der Waals surface area contributed by atoms with Crippen LogP contribution in [0.3, 0.4) is 0 Å². The third-order valence-electron chi connectivity index (χ3n) is 1.93. The Balaban J connectivity index is 2.57. The topological polar surface area (TPSA) is 95.9 Å². The number of rotatable bonds is 2. The fourth-order valence-electron chi connectivity index (χ4n) is 1.20. The molecule has 0 aliphatic heterocycles. The van der Waals surface area contributed by atoms with E-state index in [1.54, 1.807) is 24.3 Å². The molecule has 2 aromatic rings. The Labute approximate surface area is 89.6 Å². The molecular formula is C10H7N3O3. The molecule has 0 amide bonds. The second-order valence-corrected chi connectivity index (χ2v) is 3.01. The van der Waals surface area contributed by atoms with Crippen molar-refractivity contribution in [2.24, 2.45) is 0 Å². The smallest absolute Gasteiger partial charge is 0.360 e. The van der Waals surface area contributed by atoms with Gasteiger partial charge in [-0.25, -0.2) is 14.9 Å². The molecule has 1 aromatic carbocycles. The highest BCUT2D eigenvalue weighted by molar-refractivity contribution is 5.85. The highest BCUT2D eigenvalue weighted by Crippen LogP contribution is 2.11. The third kappa shape index (κ3) is 1.81. The molecule has 0 atom stereocenters. The van der Waals surface area contributed by atoms with E-state index in [-0.39, 0.29) is 5.82 Å². The Bertz CT molecular complexity index is 577. The average Bonchev–Trinajstić information content (AvgIpc) is 2.30. The molecule has 1 heterocycles. The molecule has 0 unspecified atom stereocenters.